The van der Waals surface area contributed by atoms with Gasteiger partial charge in [0.1, 0.15) is 11.5 Å². The summed E-state index contributed by atoms with van der Waals surface area (Å²) in [6.07, 6.45) is 7.46. The highest BCUT2D eigenvalue weighted by molar-refractivity contribution is 5.58. The van der Waals surface area contributed by atoms with Crippen LogP contribution in [0.2, 0.25) is 0 Å². The quantitative estimate of drug-likeness (QED) is 0.721. The number of ether oxygens (including phenoxy) is 1. The zero-order chi connectivity index (χ0) is 21.8. The largest absolute Gasteiger partial charge is 0.378 e. The molecule has 2 aromatic heterocycles. The Morgan fingerprint density at radius 2 is 1.44 bits per heavy atom. The molecule has 5 rings (SSSR count). The summed E-state index contributed by atoms with van der Waals surface area (Å²) in [6, 6.07) is 6.23. The van der Waals surface area contributed by atoms with E-state index in [1.54, 1.807) is 0 Å². The Morgan fingerprint density at radius 1 is 0.750 bits per heavy atom. The molecule has 32 heavy (non-hydrogen) atoms. The Kier molecular flexibility index (Phi) is 6.67. The fraction of sp³-hybridized carbons (Fsp3) is 0.667. The molecule has 3 fully saturated rings. The van der Waals surface area contributed by atoms with Crippen LogP contribution in [-0.2, 0) is 4.74 Å². The highest BCUT2D eigenvalue weighted by Gasteiger charge is 2.22. The highest BCUT2D eigenvalue weighted by atomic mass is 16.5. The molecular formula is C24H35N7O. The summed E-state index contributed by atoms with van der Waals surface area (Å²) >= 11 is 0. The van der Waals surface area contributed by atoms with Crippen molar-refractivity contribution in [1.82, 2.24) is 19.9 Å². The summed E-state index contributed by atoms with van der Waals surface area (Å²) in [5.41, 5.74) is 0.828. The maximum absolute atomic E-state index is 5.55. The third-order valence-corrected chi connectivity index (χ3v) is 6.74. The van der Waals surface area contributed by atoms with Gasteiger partial charge in [-0.1, -0.05) is 25.8 Å². The monoisotopic (exact) mass is 437 g/mol. The molecule has 3 aliphatic rings. The van der Waals surface area contributed by atoms with Crippen molar-refractivity contribution >= 4 is 17.7 Å². The minimum Gasteiger partial charge on any atom is -0.378 e. The van der Waals surface area contributed by atoms with Gasteiger partial charge in [-0.3, -0.25) is 0 Å². The second-order valence-corrected chi connectivity index (χ2v) is 9.33. The molecule has 8 nitrogen and oxygen atoms in total. The normalized spacial score (nSPS) is 22.7. The van der Waals surface area contributed by atoms with Crippen LogP contribution in [0.3, 0.4) is 0 Å². The number of piperidine rings is 1. The first kappa shape index (κ1) is 21.4. The van der Waals surface area contributed by atoms with Crippen molar-refractivity contribution in [3.8, 4) is 11.5 Å². The third-order valence-electron chi connectivity index (χ3n) is 6.74. The van der Waals surface area contributed by atoms with Crippen LogP contribution in [0, 0.1) is 5.92 Å². The Morgan fingerprint density at radius 3 is 2.16 bits per heavy atom. The lowest BCUT2D eigenvalue weighted by Gasteiger charge is -2.32. The summed E-state index contributed by atoms with van der Waals surface area (Å²) < 4.78 is 5.55. The van der Waals surface area contributed by atoms with Gasteiger partial charge in [-0.2, -0.15) is 15.0 Å². The lowest BCUT2D eigenvalue weighted by Crippen LogP contribution is -2.38. The van der Waals surface area contributed by atoms with Gasteiger partial charge in [0.25, 0.3) is 0 Å². The average Bonchev–Trinajstić information content (AvgIpc) is 3.14. The number of anilines is 3. The van der Waals surface area contributed by atoms with E-state index in [0.717, 1.165) is 62.7 Å². The molecule has 2 aromatic rings. The van der Waals surface area contributed by atoms with Gasteiger partial charge < -0.3 is 19.4 Å². The molecule has 0 bridgehead atoms. The number of rotatable bonds is 4. The molecule has 0 spiro atoms. The molecule has 0 amide bonds. The van der Waals surface area contributed by atoms with E-state index in [2.05, 4.69) is 33.8 Å². The first-order chi connectivity index (χ1) is 15.8. The second-order valence-electron chi connectivity index (χ2n) is 9.33. The minimum atomic E-state index is 0.674. The van der Waals surface area contributed by atoms with Gasteiger partial charge in [-0.15, -0.1) is 0 Å². The van der Waals surface area contributed by atoms with Crippen molar-refractivity contribution < 1.29 is 4.74 Å². The maximum Gasteiger partial charge on any atom is 0.230 e. The summed E-state index contributed by atoms with van der Waals surface area (Å²) in [6.45, 7) is 9.49. The van der Waals surface area contributed by atoms with E-state index in [9.17, 15) is 0 Å². The van der Waals surface area contributed by atoms with Crippen LogP contribution in [0.5, 0.6) is 0 Å². The zero-order valence-corrected chi connectivity index (χ0v) is 19.2. The fourth-order valence-corrected chi connectivity index (χ4v) is 4.91. The van der Waals surface area contributed by atoms with Gasteiger partial charge in [-0.05, 0) is 43.7 Å². The lowest BCUT2D eigenvalue weighted by atomic mass is 10.0. The first-order valence-electron chi connectivity index (χ1n) is 12.3. The van der Waals surface area contributed by atoms with E-state index in [1.807, 2.05) is 6.07 Å². The van der Waals surface area contributed by atoms with E-state index < -0.39 is 0 Å². The molecule has 8 heteroatoms. The standard InChI is InChI=1S/C24H35N7O/c1-19-8-7-13-31(18-19)21-10-6-9-20(25-21)22-26-23(29-11-4-2-3-5-12-29)28-24(27-22)30-14-16-32-17-15-30/h6,9-10,19H,2-5,7-8,11-18H2,1H3. The Bertz CT molecular complexity index is 894. The molecule has 172 valence electrons. The van der Waals surface area contributed by atoms with Crippen LogP contribution in [0.4, 0.5) is 17.7 Å². The maximum atomic E-state index is 5.55. The summed E-state index contributed by atoms with van der Waals surface area (Å²) in [7, 11) is 0. The predicted octanol–water partition coefficient (Wildman–Crippen LogP) is 3.39. The van der Waals surface area contributed by atoms with Gasteiger partial charge in [0.2, 0.25) is 11.9 Å². The number of nitrogens with zero attached hydrogens (tertiary/aromatic N) is 7. The van der Waals surface area contributed by atoms with Crippen molar-refractivity contribution in [3.05, 3.63) is 18.2 Å². The third kappa shape index (κ3) is 4.95. The molecule has 0 saturated carbocycles. The molecule has 3 saturated heterocycles. The Balaban J connectivity index is 1.49. The lowest BCUT2D eigenvalue weighted by molar-refractivity contribution is 0.122. The molecule has 0 aromatic carbocycles. The summed E-state index contributed by atoms with van der Waals surface area (Å²) in [5.74, 6) is 3.94. The summed E-state index contributed by atoms with van der Waals surface area (Å²) in [5, 5.41) is 0. The Hall–Kier alpha value is -2.48. The zero-order valence-electron chi connectivity index (χ0n) is 19.2. The second kappa shape index (κ2) is 9.98. The van der Waals surface area contributed by atoms with Crippen molar-refractivity contribution in [2.45, 2.75) is 45.4 Å². The van der Waals surface area contributed by atoms with Gasteiger partial charge in [0.05, 0.1) is 13.2 Å². The van der Waals surface area contributed by atoms with E-state index in [4.69, 9.17) is 24.7 Å². The molecule has 0 aliphatic carbocycles. The van der Waals surface area contributed by atoms with Gasteiger partial charge >= 0.3 is 0 Å². The molecule has 0 radical (unpaired) electrons. The molecule has 5 heterocycles. The number of aromatic nitrogens is 4. The van der Waals surface area contributed by atoms with E-state index >= 15 is 0 Å². The van der Waals surface area contributed by atoms with E-state index in [-0.39, 0.29) is 0 Å². The van der Waals surface area contributed by atoms with Crippen molar-refractivity contribution in [3.63, 3.8) is 0 Å². The SMILES string of the molecule is CC1CCCN(c2cccc(-c3nc(N4CCCCCC4)nc(N4CCOCC4)n3)n2)C1. The van der Waals surface area contributed by atoms with Gasteiger partial charge in [0.15, 0.2) is 5.82 Å². The van der Waals surface area contributed by atoms with Crippen molar-refractivity contribution in [2.75, 3.05) is 67.2 Å². The number of pyridine rings is 1. The molecule has 0 N–H and O–H groups in total. The number of hydrogen-bond donors (Lipinski definition) is 0. The van der Waals surface area contributed by atoms with Crippen molar-refractivity contribution in [2.24, 2.45) is 5.92 Å². The number of hydrogen-bond acceptors (Lipinski definition) is 8. The average molecular weight is 438 g/mol. The van der Waals surface area contributed by atoms with Crippen LogP contribution < -0.4 is 14.7 Å². The van der Waals surface area contributed by atoms with Crippen LogP contribution in [0.25, 0.3) is 11.5 Å². The molecule has 1 unspecified atom stereocenters. The Labute approximate surface area is 191 Å². The molecular weight excluding hydrogens is 402 g/mol. The van der Waals surface area contributed by atoms with Crippen LogP contribution in [-0.4, -0.2) is 72.4 Å². The first-order valence-corrected chi connectivity index (χ1v) is 12.3. The highest BCUT2D eigenvalue weighted by Crippen LogP contribution is 2.26. The smallest absolute Gasteiger partial charge is 0.230 e. The topological polar surface area (TPSA) is 70.5 Å². The van der Waals surface area contributed by atoms with Gasteiger partial charge in [-0.25, -0.2) is 4.98 Å². The molecule has 1 atom stereocenters. The van der Waals surface area contributed by atoms with Crippen LogP contribution >= 0.6 is 0 Å². The number of morpholine rings is 1. The molecule has 3 aliphatic heterocycles. The van der Waals surface area contributed by atoms with Crippen LogP contribution in [0.1, 0.15) is 45.4 Å². The van der Waals surface area contributed by atoms with E-state index in [1.165, 1.54) is 38.5 Å². The summed E-state index contributed by atoms with van der Waals surface area (Å²) in [4.78, 5) is 26.7. The van der Waals surface area contributed by atoms with Crippen LogP contribution in [0.15, 0.2) is 18.2 Å². The van der Waals surface area contributed by atoms with Gasteiger partial charge in [0, 0.05) is 39.3 Å². The van der Waals surface area contributed by atoms with Crippen molar-refractivity contribution in [1.29, 1.82) is 0 Å². The predicted molar refractivity (Wildman–Crippen MR) is 127 cm³/mol. The van der Waals surface area contributed by atoms with E-state index in [0.29, 0.717) is 25.0 Å². The minimum absolute atomic E-state index is 0.674. The fourth-order valence-electron chi connectivity index (χ4n) is 4.91.